The summed E-state index contributed by atoms with van der Waals surface area (Å²) in [7, 11) is 1.90. The van der Waals surface area contributed by atoms with E-state index in [1.807, 2.05) is 37.1 Å². The Balaban J connectivity index is 1.48. The molecule has 0 aliphatic heterocycles. The summed E-state index contributed by atoms with van der Waals surface area (Å²) in [5, 5.41) is 11.8. The van der Waals surface area contributed by atoms with Crippen molar-refractivity contribution in [3.63, 3.8) is 0 Å². The SMILES string of the molecule is Cc1cc(Cl)ccc1N(C)c1ccc(C(=O)c2ccc(C(=O)c3ccccc3)c(C(O)C(=O)c3ccccc3)c2)nc1. The number of aryl methyl sites for hydroxylation is 1. The normalized spacial score (nSPS) is 11.5. The van der Waals surface area contributed by atoms with Crippen molar-refractivity contribution >= 4 is 40.3 Å². The molecular formula is C35H27ClN2O4. The molecule has 0 fully saturated rings. The van der Waals surface area contributed by atoms with Gasteiger partial charge in [-0.1, -0.05) is 78.3 Å². The number of benzene rings is 4. The van der Waals surface area contributed by atoms with Crippen molar-refractivity contribution in [3.8, 4) is 0 Å². The Morgan fingerprint density at radius 2 is 1.43 bits per heavy atom. The number of anilines is 2. The number of nitrogens with zero attached hydrogens (tertiary/aromatic N) is 2. The first kappa shape index (κ1) is 28.6. The minimum absolute atomic E-state index is 0.0538. The minimum Gasteiger partial charge on any atom is -0.380 e. The molecule has 0 aliphatic carbocycles. The number of ketones is 3. The number of pyridine rings is 1. The summed E-state index contributed by atoms with van der Waals surface area (Å²) in [5.41, 5.74) is 3.95. The van der Waals surface area contributed by atoms with E-state index in [4.69, 9.17) is 11.6 Å². The molecule has 5 rings (SSSR count). The van der Waals surface area contributed by atoms with Crippen LogP contribution in [0.2, 0.25) is 5.02 Å². The van der Waals surface area contributed by atoms with Crippen LogP contribution in [0, 0.1) is 6.92 Å². The Labute approximate surface area is 248 Å². The fourth-order valence-corrected chi connectivity index (χ4v) is 5.01. The van der Waals surface area contributed by atoms with Gasteiger partial charge in [0.25, 0.3) is 0 Å². The third-order valence-corrected chi connectivity index (χ3v) is 7.32. The van der Waals surface area contributed by atoms with Gasteiger partial charge in [0.15, 0.2) is 11.6 Å². The van der Waals surface area contributed by atoms with E-state index in [-0.39, 0.29) is 33.7 Å². The molecular weight excluding hydrogens is 548 g/mol. The average Bonchev–Trinajstić information content (AvgIpc) is 3.03. The van der Waals surface area contributed by atoms with Crippen LogP contribution < -0.4 is 4.90 Å². The van der Waals surface area contributed by atoms with Crippen LogP contribution in [0.25, 0.3) is 0 Å². The number of carbonyl (C=O) groups excluding carboxylic acids is 3. The van der Waals surface area contributed by atoms with E-state index in [9.17, 15) is 19.5 Å². The van der Waals surface area contributed by atoms with Crippen LogP contribution in [0.1, 0.15) is 59.6 Å². The van der Waals surface area contributed by atoms with Gasteiger partial charge in [0.2, 0.25) is 5.78 Å². The van der Waals surface area contributed by atoms with E-state index in [1.54, 1.807) is 79.0 Å². The van der Waals surface area contributed by atoms with E-state index in [0.717, 1.165) is 16.9 Å². The second-order valence-corrected chi connectivity index (χ2v) is 10.3. The van der Waals surface area contributed by atoms with E-state index < -0.39 is 17.7 Å². The fraction of sp³-hybridized carbons (Fsp3) is 0.0857. The quantitative estimate of drug-likeness (QED) is 0.187. The van der Waals surface area contributed by atoms with Crippen LogP contribution in [0.15, 0.2) is 115 Å². The fourth-order valence-electron chi connectivity index (χ4n) is 4.78. The molecule has 1 aromatic heterocycles. The van der Waals surface area contributed by atoms with E-state index in [2.05, 4.69) is 4.98 Å². The summed E-state index contributed by atoms with van der Waals surface area (Å²) >= 11 is 6.10. The summed E-state index contributed by atoms with van der Waals surface area (Å²) < 4.78 is 0. The van der Waals surface area contributed by atoms with E-state index in [1.165, 1.54) is 18.2 Å². The Kier molecular flexibility index (Phi) is 8.38. The summed E-state index contributed by atoms with van der Waals surface area (Å²) in [6, 6.07) is 30.3. The maximum Gasteiger partial charge on any atom is 0.211 e. The first-order valence-corrected chi connectivity index (χ1v) is 13.6. The third-order valence-electron chi connectivity index (χ3n) is 7.08. The van der Waals surface area contributed by atoms with Crippen molar-refractivity contribution < 1.29 is 19.5 Å². The Morgan fingerprint density at radius 1 is 0.762 bits per heavy atom. The molecule has 0 radical (unpaired) electrons. The van der Waals surface area contributed by atoms with Crippen molar-refractivity contribution in [2.45, 2.75) is 13.0 Å². The van der Waals surface area contributed by atoms with Crippen LogP contribution in [0.4, 0.5) is 11.4 Å². The van der Waals surface area contributed by atoms with Crippen molar-refractivity contribution in [3.05, 3.63) is 159 Å². The lowest BCUT2D eigenvalue weighted by atomic mass is 9.89. The van der Waals surface area contributed by atoms with Gasteiger partial charge in [-0.3, -0.25) is 19.4 Å². The van der Waals surface area contributed by atoms with Crippen LogP contribution in [0.3, 0.4) is 0 Å². The van der Waals surface area contributed by atoms with Gasteiger partial charge in [0, 0.05) is 45.6 Å². The number of aliphatic hydroxyl groups excluding tert-OH is 1. The maximum absolute atomic E-state index is 13.5. The van der Waals surface area contributed by atoms with Crippen molar-refractivity contribution in [2.24, 2.45) is 0 Å². The Morgan fingerprint density at radius 3 is 2.05 bits per heavy atom. The maximum atomic E-state index is 13.5. The second kappa shape index (κ2) is 12.3. The lowest BCUT2D eigenvalue weighted by molar-refractivity contribution is 0.0744. The number of aromatic nitrogens is 1. The number of halogens is 1. The van der Waals surface area contributed by atoms with Gasteiger partial charge in [0.05, 0.1) is 11.9 Å². The van der Waals surface area contributed by atoms with Gasteiger partial charge >= 0.3 is 0 Å². The van der Waals surface area contributed by atoms with E-state index in [0.29, 0.717) is 10.6 Å². The zero-order valence-electron chi connectivity index (χ0n) is 23.0. The van der Waals surface area contributed by atoms with Crippen LogP contribution in [0.5, 0.6) is 0 Å². The molecule has 0 spiro atoms. The second-order valence-electron chi connectivity index (χ2n) is 9.85. The lowest BCUT2D eigenvalue weighted by Crippen LogP contribution is -2.18. The first-order chi connectivity index (χ1) is 20.2. The molecule has 1 N–H and O–H groups in total. The third kappa shape index (κ3) is 5.91. The van der Waals surface area contributed by atoms with E-state index >= 15 is 0 Å². The highest BCUT2D eigenvalue weighted by atomic mass is 35.5. The molecule has 4 aromatic carbocycles. The molecule has 0 saturated heterocycles. The van der Waals surface area contributed by atoms with Crippen LogP contribution >= 0.6 is 11.6 Å². The summed E-state index contributed by atoms with van der Waals surface area (Å²) in [6.07, 6.45) is -0.0575. The summed E-state index contributed by atoms with van der Waals surface area (Å²) in [5.74, 6) is -1.36. The van der Waals surface area contributed by atoms with Crippen molar-refractivity contribution in [1.29, 1.82) is 0 Å². The standard InChI is InChI=1S/C35H27ClN2O4/c1-22-19-26(36)14-18-31(22)38(2)27-15-17-30(37-21-27)33(40)25-13-16-28(32(39)23-9-5-3-6-10-23)29(20-25)35(42)34(41)24-11-7-4-8-12-24/h3-21,35,42H,1-2H3. The molecule has 1 heterocycles. The Bertz CT molecular complexity index is 1770. The molecule has 0 amide bonds. The predicted molar refractivity (Wildman–Crippen MR) is 164 cm³/mol. The zero-order chi connectivity index (χ0) is 29.8. The lowest BCUT2D eigenvalue weighted by Gasteiger charge is -2.21. The minimum atomic E-state index is -1.66. The number of rotatable bonds is 9. The molecule has 208 valence electrons. The smallest absolute Gasteiger partial charge is 0.211 e. The molecule has 1 atom stereocenters. The summed E-state index contributed by atoms with van der Waals surface area (Å²) in [6.45, 7) is 1.96. The Hall–Kier alpha value is -4.91. The zero-order valence-corrected chi connectivity index (χ0v) is 23.7. The van der Waals surface area contributed by atoms with Gasteiger partial charge in [-0.05, 0) is 55.0 Å². The number of Topliss-reactive ketones (excluding diaryl/α,β-unsaturated/α-hetero) is 1. The number of hydrogen-bond acceptors (Lipinski definition) is 6. The highest BCUT2D eigenvalue weighted by Gasteiger charge is 2.27. The van der Waals surface area contributed by atoms with Crippen molar-refractivity contribution in [2.75, 3.05) is 11.9 Å². The largest absolute Gasteiger partial charge is 0.380 e. The topological polar surface area (TPSA) is 87.6 Å². The molecule has 1 unspecified atom stereocenters. The number of hydrogen-bond donors (Lipinski definition) is 1. The van der Waals surface area contributed by atoms with Gasteiger partial charge in [0.1, 0.15) is 11.8 Å². The van der Waals surface area contributed by atoms with Crippen molar-refractivity contribution in [1.82, 2.24) is 4.98 Å². The first-order valence-electron chi connectivity index (χ1n) is 13.3. The summed E-state index contributed by atoms with van der Waals surface area (Å²) in [4.78, 5) is 46.5. The molecule has 0 bridgehead atoms. The van der Waals surface area contributed by atoms with Gasteiger partial charge in [-0.15, -0.1) is 0 Å². The molecule has 42 heavy (non-hydrogen) atoms. The monoisotopic (exact) mass is 574 g/mol. The molecule has 0 saturated carbocycles. The number of aliphatic hydroxyl groups is 1. The molecule has 5 aromatic rings. The predicted octanol–water partition coefficient (Wildman–Crippen LogP) is 7.19. The molecule has 6 nitrogen and oxygen atoms in total. The van der Waals surface area contributed by atoms with Gasteiger partial charge < -0.3 is 10.0 Å². The average molecular weight is 575 g/mol. The van der Waals surface area contributed by atoms with Crippen LogP contribution in [-0.4, -0.2) is 34.5 Å². The number of carbonyl (C=O) groups is 3. The van der Waals surface area contributed by atoms with Gasteiger partial charge in [-0.25, -0.2) is 0 Å². The highest BCUT2D eigenvalue weighted by Crippen LogP contribution is 2.30. The van der Waals surface area contributed by atoms with Gasteiger partial charge in [-0.2, -0.15) is 0 Å². The molecule has 7 heteroatoms. The molecule has 0 aliphatic rings. The van der Waals surface area contributed by atoms with Crippen LogP contribution in [-0.2, 0) is 0 Å². The highest BCUT2D eigenvalue weighted by molar-refractivity contribution is 6.30.